The van der Waals surface area contributed by atoms with Crippen LogP contribution in [0.15, 0.2) is 84.9 Å². The molecule has 0 unspecified atom stereocenters. The Morgan fingerprint density at radius 2 is 1.48 bits per heavy atom. The summed E-state index contributed by atoms with van der Waals surface area (Å²) in [6, 6.07) is 26.0. The van der Waals surface area contributed by atoms with Gasteiger partial charge in [0.15, 0.2) is 0 Å². The fourth-order valence-electron chi connectivity index (χ4n) is 4.61. The Balaban J connectivity index is 1.56. The molecule has 0 spiro atoms. The second-order valence-electron chi connectivity index (χ2n) is 13.1. The monoisotopic (exact) mass is 622 g/mol. The number of amides is 3. The lowest BCUT2D eigenvalue weighted by molar-refractivity contribution is 0.0635. The van der Waals surface area contributed by atoms with E-state index >= 15 is 0 Å². The van der Waals surface area contributed by atoms with Crippen LogP contribution in [0.25, 0.3) is 11.1 Å². The fraction of sp³-hybridized carbons (Fsp3) is 0.297. The summed E-state index contributed by atoms with van der Waals surface area (Å²) >= 11 is 0. The van der Waals surface area contributed by atoms with Gasteiger partial charge in [-0.1, -0.05) is 54.1 Å². The number of anilines is 2. The van der Waals surface area contributed by atoms with Gasteiger partial charge in [-0.05, 0) is 114 Å². The molecule has 4 aromatic rings. The predicted molar refractivity (Wildman–Crippen MR) is 181 cm³/mol. The lowest BCUT2D eigenvalue weighted by Crippen LogP contribution is -2.42. The zero-order valence-corrected chi connectivity index (χ0v) is 27.5. The Kier molecular flexibility index (Phi) is 10.5. The van der Waals surface area contributed by atoms with Gasteiger partial charge in [-0.15, -0.1) is 0 Å². The van der Waals surface area contributed by atoms with Crippen LogP contribution >= 0.6 is 0 Å². The van der Waals surface area contributed by atoms with Gasteiger partial charge < -0.3 is 20.1 Å². The van der Waals surface area contributed by atoms with Gasteiger partial charge in [0.1, 0.15) is 17.2 Å². The van der Waals surface area contributed by atoms with Gasteiger partial charge in [0.05, 0.1) is 0 Å². The average Bonchev–Trinajstić information content (AvgIpc) is 2.96. The smallest absolute Gasteiger partial charge is 0.413 e. The van der Waals surface area contributed by atoms with Crippen LogP contribution in [0.1, 0.15) is 68.7 Å². The highest BCUT2D eigenvalue weighted by Gasteiger charge is 2.19. The van der Waals surface area contributed by atoms with Crippen LogP contribution in [0.5, 0.6) is 5.75 Å². The highest BCUT2D eigenvalue weighted by atomic mass is 16.6. The lowest BCUT2D eigenvalue weighted by Gasteiger charge is -2.21. The van der Waals surface area contributed by atoms with Crippen molar-refractivity contribution in [3.05, 3.63) is 107 Å². The van der Waals surface area contributed by atoms with E-state index in [1.54, 1.807) is 57.2 Å². The molecule has 0 atom stereocenters. The van der Waals surface area contributed by atoms with Crippen molar-refractivity contribution in [1.29, 1.82) is 0 Å². The van der Waals surface area contributed by atoms with Crippen molar-refractivity contribution >= 4 is 29.6 Å². The summed E-state index contributed by atoms with van der Waals surface area (Å²) < 4.78 is 11.0. The van der Waals surface area contributed by atoms with E-state index in [1.807, 2.05) is 76.2 Å². The molecule has 1 heterocycles. The summed E-state index contributed by atoms with van der Waals surface area (Å²) in [5, 5.41) is 8.49. The molecule has 240 valence electrons. The van der Waals surface area contributed by atoms with Gasteiger partial charge in [0.2, 0.25) is 0 Å². The van der Waals surface area contributed by atoms with Crippen LogP contribution in [0, 0.1) is 6.92 Å². The number of aryl methyl sites for hydroxylation is 3. The number of pyridine rings is 1. The number of aromatic nitrogens is 1. The van der Waals surface area contributed by atoms with Gasteiger partial charge in [0, 0.05) is 22.5 Å². The third-order valence-corrected chi connectivity index (χ3v) is 6.62. The Morgan fingerprint density at radius 3 is 2.17 bits per heavy atom. The number of hydrogen-bond donors (Lipinski definition) is 3. The average molecular weight is 623 g/mol. The first-order valence-electron chi connectivity index (χ1n) is 15.2. The fourth-order valence-corrected chi connectivity index (χ4v) is 4.61. The molecule has 9 nitrogen and oxygen atoms in total. The van der Waals surface area contributed by atoms with Gasteiger partial charge in [-0.25, -0.2) is 14.6 Å². The van der Waals surface area contributed by atoms with Gasteiger partial charge in [0.25, 0.3) is 5.91 Å². The lowest BCUT2D eigenvalue weighted by atomic mass is 9.98. The molecule has 0 bridgehead atoms. The van der Waals surface area contributed by atoms with Crippen LogP contribution in [0.2, 0.25) is 0 Å². The van der Waals surface area contributed by atoms with Crippen LogP contribution < -0.4 is 20.7 Å². The number of nitrogens with zero attached hydrogens (tertiary/aromatic N) is 1. The maximum atomic E-state index is 13.5. The van der Waals surface area contributed by atoms with Crippen LogP contribution in [0.4, 0.5) is 21.1 Å². The van der Waals surface area contributed by atoms with E-state index in [0.29, 0.717) is 46.9 Å². The van der Waals surface area contributed by atoms with E-state index in [0.717, 1.165) is 16.7 Å². The minimum absolute atomic E-state index is 0.260. The molecule has 0 saturated heterocycles. The van der Waals surface area contributed by atoms with Crippen LogP contribution in [-0.2, 0) is 17.6 Å². The minimum Gasteiger partial charge on any atom is -0.444 e. The highest BCUT2D eigenvalue weighted by molar-refractivity contribution is 6.08. The summed E-state index contributed by atoms with van der Waals surface area (Å²) in [5.74, 6) is 0.465. The van der Waals surface area contributed by atoms with Gasteiger partial charge in [-0.3, -0.25) is 10.1 Å². The first kappa shape index (κ1) is 33.7. The third kappa shape index (κ3) is 10.2. The summed E-state index contributed by atoms with van der Waals surface area (Å²) in [6.07, 6.45) is -0.274. The molecule has 0 radical (unpaired) electrons. The van der Waals surface area contributed by atoms with E-state index in [2.05, 4.69) is 20.9 Å². The second-order valence-corrected chi connectivity index (χ2v) is 13.1. The first-order chi connectivity index (χ1) is 21.6. The molecule has 0 aliphatic rings. The van der Waals surface area contributed by atoms with E-state index < -0.39 is 23.3 Å². The van der Waals surface area contributed by atoms with Crippen molar-refractivity contribution in [1.82, 2.24) is 10.3 Å². The molecule has 3 amide bonds. The van der Waals surface area contributed by atoms with Gasteiger partial charge in [-0.2, -0.15) is 0 Å². The van der Waals surface area contributed by atoms with E-state index in [1.165, 1.54) is 0 Å². The molecule has 3 aromatic carbocycles. The zero-order valence-electron chi connectivity index (χ0n) is 27.5. The SMILES string of the molecule is Cc1ccc(-c2ccccc2C(=O)Nc2ccc(OC(=O)NC(C)(C)C)c(CCc3cccc(NC(=O)OC(C)(C)C)n3)c2)cc1. The molecule has 4 rings (SSSR count). The molecule has 0 saturated carbocycles. The van der Waals surface area contributed by atoms with Crippen LogP contribution in [-0.4, -0.2) is 34.2 Å². The van der Waals surface area contributed by atoms with Crippen molar-refractivity contribution in [3.8, 4) is 16.9 Å². The number of ether oxygens (including phenoxy) is 2. The minimum atomic E-state index is -0.638. The summed E-state index contributed by atoms with van der Waals surface area (Å²) in [7, 11) is 0. The number of carbonyl (C=O) groups is 3. The zero-order chi connectivity index (χ0) is 33.5. The molecule has 0 aliphatic heterocycles. The van der Waals surface area contributed by atoms with E-state index in [-0.39, 0.29) is 5.91 Å². The van der Waals surface area contributed by atoms with Gasteiger partial charge >= 0.3 is 12.2 Å². The quantitative estimate of drug-likeness (QED) is 0.182. The number of rotatable bonds is 8. The normalized spacial score (nSPS) is 11.4. The Bertz CT molecular complexity index is 1700. The van der Waals surface area contributed by atoms with E-state index in [4.69, 9.17) is 9.47 Å². The standard InChI is InChI=1S/C37H42N4O5/c1-24-15-17-25(18-16-24)29-12-8-9-13-30(29)33(42)39-28-21-22-31(45-35(44)41-36(2,3)4)26(23-28)19-20-27-11-10-14-32(38-27)40-34(43)46-37(5,6)7/h8-18,21-23H,19-20H2,1-7H3,(H,39,42)(H,41,44)(H,38,40,43). The second kappa shape index (κ2) is 14.3. The summed E-state index contributed by atoms with van der Waals surface area (Å²) in [6.45, 7) is 13.0. The predicted octanol–water partition coefficient (Wildman–Crippen LogP) is 8.33. The molecule has 0 fully saturated rings. The largest absolute Gasteiger partial charge is 0.444 e. The third-order valence-electron chi connectivity index (χ3n) is 6.62. The van der Waals surface area contributed by atoms with Crippen molar-refractivity contribution in [2.24, 2.45) is 0 Å². The number of hydrogen-bond acceptors (Lipinski definition) is 6. The topological polar surface area (TPSA) is 119 Å². The summed E-state index contributed by atoms with van der Waals surface area (Å²) in [5.41, 5.74) is 4.28. The van der Waals surface area contributed by atoms with Crippen molar-refractivity contribution in [3.63, 3.8) is 0 Å². The Labute approximate surface area is 270 Å². The Morgan fingerprint density at radius 1 is 0.761 bits per heavy atom. The van der Waals surface area contributed by atoms with Crippen LogP contribution in [0.3, 0.4) is 0 Å². The molecule has 1 aromatic heterocycles. The Hall–Kier alpha value is -5.18. The molecular weight excluding hydrogens is 580 g/mol. The van der Waals surface area contributed by atoms with Crippen molar-refractivity contribution in [2.45, 2.75) is 72.4 Å². The maximum Gasteiger partial charge on any atom is 0.413 e. The van der Waals surface area contributed by atoms with Crippen molar-refractivity contribution in [2.75, 3.05) is 10.6 Å². The van der Waals surface area contributed by atoms with E-state index in [9.17, 15) is 14.4 Å². The number of carbonyl (C=O) groups excluding carboxylic acids is 3. The highest BCUT2D eigenvalue weighted by Crippen LogP contribution is 2.28. The molecule has 9 heteroatoms. The first-order valence-corrected chi connectivity index (χ1v) is 15.2. The molecule has 46 heavy (non-hydrogen) atoms. The number of benzene rings is 3. The maximum absolute atomic E-state index is 13.5. The molecule has 3 N–H and O–H groups in total. The molecular formula is C37H42N4O5. The number of nitrogens with one attached hydrogen (secondary N) is 3. The van der Waals surface area contributed by atoms with Crippen molar-refractivity contribution < 1.29 is 23.9 Å². The summed E-state index contributed by atoms with van der Waals surface area (Å²) in [4.78, 5) is 43.0. The molecule has 0 aliphatic carbocycles.